The fourth-order valence-corrected chi connectivity index (χ4v) is 4.82. The molecule has 3 fully saturated rings. The molecule has 1 aromatic carbocycles. The smallest absolute Gasteiger partial charge is 0.257 e. The van der Waals surface area contributed by atoms with Crippen molar-refractivity contribution in [2.24, 2.45) is 0 Å². The normalized spacial score (nSPS) is 25.8. The van der Waals surface area contributed by atoms with Crippen LogP contribution in [0.15, 0.2) is 48.5 Å². The number of ether oxygens (including phenoxy) is 1. The van der Waals surface area contributed by atoms with E-state index in [2.05, 4.69) is 27.9 Å². The van der Waals surface area contributed by atoms with Gasteiger partial charge in [-0.1, -0.05) is 42.3 Å². The average Bonchev–Trinajstić information content (AvgIpc) is 3.27. The zero-order valence-corrected chi connectivity index (χ0v) is 15.8. The predicted molar refractivity (Wildman–Crippen MR) is 106 cm³/mol. The first kappa shape index (κ1) is 17.3. The fraction of sp³-hybridized carbons (Fsp3) is 0.391. The number of benzene rings is 1. The van der Waals surface area contributed by atoms with Gasteiger partial charge in [0.2, 0.25) is 0 Å². The van der Waals surface area contributed by atoms with Crippen LogP contribution in [0.3, 0.4) is 0 Å². The molecule has 2 aromatic rings. The summed E-state index contributed by atoms with van der Waals surface area (Å²) in [6.07, 6.45) is 8.62. The summed E-state index contributed by atoms with van der Waals surface area (Å²) in [5.41, 5.74) is 1.15. The lowest BCUT2D eigenvalue weighted by molar-refractivity contribution is -0.140. The molecule has 5 rings (SSSR count). The van der Waals surface area contributed by atoms with E-state index in [9.17, 15) is 4.79 Å². The third-order valence-electron chi connectivity index (χ3n) is 6.28. The average molecular weight is 373 g/mol. The molecule has 1 amide bonds. The number of anilines is 1. The van der Waals surface area contributed by atoms with E-state index < -0.39 is 5.60 Å². The standard InChI is InChI=1S/C23H23N3O2/c1-2-18-9-6-10-20(24-18)25-15-13-23(14-16-25)22(27)26-19(11-12-21(26)28-23)17-7-4-3-5-8-17/h1,3-10,19,21H,11-16H2/t19-,21+/m0/s1. The number of aromatic nitrogens is 1. The number of hydrogen-bond donors (Lipinski definition) is 0. The lowest BCUT2D eigenvalue weighted by Crippen LogP contribution is -2.50. The van der Waals surface area contributed by atoms with Crippen molar-refractivity contribution in [2.45, 2.75) is 43.6 Å². The first-order valence-corrected chi connectivity index (χ1v) is 9.94. The van der Waals surface area contributed by atoms with E-state index in [1.807, 2.05) is 41.3 Å². The number of nitrogens with zero attached hydrogens (tertiary/aromatic N) is 3. The van der Waals surface area contributed by atoms with Crippen LogP contribution in [0.2, 0.25) is 0 Å². The molecule has 0 saturated carbocycles. The molecule has 0 bridgehead atoms. The van der Waals surface area contributed by atoms with Gasteiger partial charge in [0.15, 0.2) is 5.60 Å². The Morgan fingerprint density at radius 1 is 1.07 bits per heavy atom. The second kappa shape index (κ2) is 6.65. The van der Waals surface area contributed by atoms with Gasteiger partial charge in [0.1, 0.15) is 17.7 Å². The number of carbonyl (C=O) groups excluding carboxylic acids is 1. The maximum atomic E-state index is 13.4. The second-order valence-corrected chi connectivity index (χ2v) is 7.80. The van der Waals surface area contributed by atoms with E-state index in [1.165, 1.54) is 5.56 Å². The van der Waals surface area contributed by atoms with Gasteiger partial charge in [-0.15, -0.1) is 6.42 Å². The Labute approximate surface area is 165 Å². The van der Waals surface area contributed by atoms with E-state index in [1.54, 1.807) is 0 Å². The molecule has 0 aliphatic carbocycles. The topological polar surface area (TPSA) is 45.7 Å². The van der Waals surface area contributed by atoms with Gasteiger partial charge in [0.05, 0.1) is 6.04 Å². The van der Waals surface area contributed by atoms with Crippen LogP contribution in [0.5, 0.6) is 0 Å². The number of piperidine rings is 1. The first-order valence-electron chi connectivity index (χ1n) is 9.94. The van der Waals surface area contributed by atoms with E-state index in [0.717, 1.165) is 31.7 Å². The molecule has 5 nitrogen and oxygen atoms in total. The lowest BCUT2D eigenvalue weighted by Gasteiger charge is -2.38. The van der Waals surface area contributed by atoms with Gasteiger partial charge in [-0.2, -0.15) is 0 Å². The highest BCUT2D eigenvalue weighted by molar-refractivity contribution is 5.88. The Morgan fingerprint density at radius 2 is 1.86 bits per heavy atom. The summed E-state index contributed by atoms with van der Waals surface area (Å²) >= 11 is 0. The summed E-state index contributed by atoms with van der Waals surface area (Å²) in [6.45, 7) is 1.48. The molecular weight excluding hydrogens is 350 g/mol. The molecule has 3 saturated heterocycles. The number of fused-ring (bicyclic) bond motifs is 1. The molecule has 3 aliphatic heterocycles. The number of carbonyl (C=O) groups is 1. The molecule has 0 radical (unpaired) electrons. The van der Waals surface area contributed by atoms with Gasteiger partial charge in [-0.3, -0.25) is 4.79 Å². The zero-order valence-electron chi connectivity index (χ0n) is 15.8. The van der Waals surface area contributed by atoms with Crippen molar-refractivity contribution in [1.29, 1.82) is 0 Å². The molecule has 2 atom stereocenters. The fourth-order valence-electron chi connectivity index (χ4n) is 4.82. The quantitative estimate of drug-likeness (QED) is 0.759. The van der Waals surface area contributed by atoms with Crippen LogP contribution >= 0.6 is 0 Å². The maximum absolute atomic E-state index is 13.4. The molecular formula is C23H23N3O2. The number of rotatable bonds is 2. The van der Waals surface area contributed by atoms with E-state index in [4.69, 9.17) is 11.2 Å². The van der Waals surface area contributed by atoms with Gasteiger partial charge in [0.25, 0.3) is 5.91 Å². The van der Waals surface area contributed by atoms with Gasteiger partial charge in [-0.05, 0) is 30.5 Å². The van der Waals surface area contributed by atoms with Gasteiger partial charge >= 0.3 is 0 Å². The van der Waals surface area contributed by atoms with Gasteiger partial charge in [0, 0.05) is 25.9 Å². The largest absolute Gasteiger partial charge is 0.356 e. The Bertz CT molecular complexity index is 928. The Morgan fingerprint density at radius 3 is 2.61 bits per heavy atom. The van der Waals surface area contributed by atoms with E-state index in [0.29, 0.717) is 18.5 Å². The van der Waals surface area contributed by atoms with E-state index in [-0.39, 0.29) is 18.2 Å². The minimum absolute atomic E-state index is 0.0906. The van der Waals surface area contributed by atoms with Crippen LogP contribution in [0.25, 0.3) is 0 Å². The van der Waals surface area contributed by atoms with Crippen LogP contribution < -0.4 is 4.90 Å². The molecule has 3 aliphatic rings. The lowest BCUT2D eigenvalue weighted by atomic mass is 9.89. The highest BCUT2D eigenvalue weighted by Crippen LogP contribution is 2.47. The molecule has 0 unspecified atom stereocenters. The number of amides is 1. The minimum atomic E-state index is -0.682. The van der Waals surface area contributed by atoms with Crippen molar-refractivity contribution in [1.82, 2.24) is 9.88 Å². The number of terminal acetylenes is 1. The van der Waals surface area contributed by atoms with Crippen molar-refractivity contribution in [3.05, 3.63) is 59.8 Å². The SMILES string of the molecule is C#Cc1cccc(N2CCC3(CC2)O[C@@H]2CC[C@@H](c4ccccc4)N2C3=O)n1. The van der Waals surface area contributed by atoms with Crippen molar-refractivity contribution < 1.29 is 9.53 Å². The van der Waals surface area contributed by atoms with Crippen LogP contribution in [0, 0.1) is 12.3 Å². The van der Waals surface area contributed by atoms with Crippen LogP contribution in [-0.4, -0.2) is 40.7 Å². The molecule has 1 spiro atoms. The number of pyridine rings is 1. The Hall–Kier alpha value is -2.84. The summed E-state index contributed by atoms with van der Waals surface area (Å²) < 4.78 is 6.40. The van der Waals surface area contributed by atoms with Gasteiger partial charge in [-0.25, -0.2) is 4.98 Å². The van der Waals surface area contributed by atoms with Gasteiger partial charge < -0.3 is 14.5 Å². The summed E-state index contributed by atoms with van der Waals surface area (Å²) in [5.74, 6) is 3.62. The third-order valence-corrected chi connectivity index (χ3v) is 6.28. The van der Waals surface area contributed by atoms with E-state index >= 15 is 0 Å². The van der Waals surface area contributed by atoms with Crippen molar-refractivity contribution in [3.63, 3.8) is 0 Å². The third kappa shape index (κ3) is 2.68. The summed E-state index contributed by atoms with van der Waals surface area (Å²) in [6, 6.07) is 16.2. The van der Waals surface area contributed by atoms with Crippen molar-refractivity contribution in [2.75, 3.05) is 18.0 Å². The Kier molecular flexibility index (Phi) is 4.10. The highest BCUT2D eigenvalue weighted by Gasteiger charge is 2.57. The molecule has 4 heterocycles. The minimum Gasteiger partial charge on any atom is -0.356 e. The molecule has 5 heteroatoms. The summed E-state index contributed by atoms with van der Waals surface area (Å²) in [7, 11) is 0. The van der Waals surface area contributed by atoms with Crippen LogP contribution in [-0.2, 0) is 9.53 Å². The number of hydrogen-bond acceptors (Lipinski definition) is 4. The van der Waals surface area contributed by atoms with Crippen molar-refractivity contribution >= 4 is 11.7 Å². The Balaban J connectivity index is 1.33. The monoisotopic (exact) mass is 373 g/mol. The molecule has 142 valence electrons. The second-order valence-electron chi connectivity index (χ2n) is 7.80. The predicted octanol–water partition coefficient (Wildman–Crippen LogP) is 3.12. The first-order chi connectivity index (χ1) is 13.7. The van der Waals surface area contributed by atoms with Crippen LogP contribution in [0.1, 0.15) is 43.0 Å². The maximum Gasteiger partial charge on any atom is 0.257 e. The summed E-state index contributed by atoms with van der Waals surface area (Å²) in [5, 5.41) is 0. The zero-order chi connectivity index (χ0) is 19.1. The molecule has 1 aromatic heterocycles. The molecule has 28 heavy (non-hydrogen) atoms. The summed E-state index contributed by atoms with van der Waals surface area (Å²) in [4.78, 5) is 22.1. The highest BCUT2D eigenvalue weighted by atomic mass is 16.6. The van der Waals surface area contributed by atoms with Crippen LogP contribution in [0.4, 0.5) is 5.82 Å². The molecule has 0 N–H and O–H groups in total. The van der Waals surface area contributed by atoms with Crippen molar-refractivity contribution in [3.8, 4) is 12.3 Å².